The summed E-state index contributed by atoms with van der Waals surface area (Å²) in [6.07, 6.45) is 9.42. The van der Waals surface area contributed by atoms with Gasteiger partial charge in [0.25, 0.3) is 0 Å². The molecular weight excluding hydrogens is 312 g/mol. The summed E-state index contributed by atoms with van der Waals surface area (Å²) < 4.78 is 5.35. The Morgan fingerprint density at radius 1 is 1.24 bits per heavy atom. The Kier molecular flexibility index (Phi) is 6.35. The lowest BCUT2D eigenvalue weighted by atomic mass is 9.86. The van der Waals surface area contributed by atoms with Gasteiger partial charge in [0.1, 0.15) is 5.75 Å². The van der Waals surface area contributed by atoms with Crippen LogP contribution in [0.3, 0.4) is 0 Å². The van der Waals surface area contributed by atoms with Gasteiger partial charge in [-0.25, -0.2) is 0 Å². The first-order valence-electron chi connectivity index (χ1n) is 9.78. The first-order chi connectivity index (χ1) is 12.2. The SMILES string of the molecule is COc1ccc2c(c1)C[C@@H](CNC(=O)CCC1CCCCC1)N(C)C2. The first-order valence-corrected chi connectivity index (χ1v) is 9.78. The Labute approximate surface area is 151 Å². The predicted molar refractivity (Wildman–Crippen MR) is 101 cm³/mol. The van der Waals surface area contributed by atoms with Gasteiger partial charge >= 0.3 is 0 Å². The van der Waals surface area contributed by atoms with Gasteiger partial charge in [0, 0.05) is 25.6 Å². The quantitative estimate of drug-likeness (QED) is 0.858. The summed E-state index contributed by atoms with van der Waals surface area (Å²) >= 11 is 0. The summed E-state index contributed by atoms with van der Waals surface area (Å²) in [7, 11) is 3.85. The van der Waals surface area contributed by atoms with E-state index in [1.807, 2.05) is 6.07 Å². The van der Waals surface area contributed by atoms with E-state index >= 15 is 0 Å². The fourth-order valence-corrected chi connectivity index (χ4v) is 4.24. The summed E-state index contributed by atoms with van der Waals surface area (Å²) in [5.74, 6) is 1.91. The molecule has 1 aromatic rings. The average Bonchev–Trinajstić information content (AvgIpc) is 2.65. The van der Waals surface area contributed by atoms with Crippen LogP contribution in [0.15, 0.2) is 18.2 Å². The second kappa shape index (κ2) is 8.70. The van der Waals surface area contributed by atoms with Crippen LogP contribution in [0.2, 0.25) is 0 Å². The Bertz CT molecular complexity index is 581. The van der Waals surface area contributed by atoms with Crippen LogP contribution < -0.4 is 10.1 Å². The lowest BCUT2D eigenvalue weighted by Gasteiger charge is -2.34. The van der Waals surface area contributed by atoms with E-state index in [1.165, 1.54) is 43.2 Å². The fourth-order valence-electron chi connectivity index (χ4n) is 4.24. The second-order valence-electron chi connectivity index (χ2n) is 7.75. The van der Waals surface area contributed by atoms with Crippen molar-refractivity contribution in [1.29, 1.82) is 0 Å². The van der Waals surface area contributed by atoms with Crippen LogP contribution in [-0.4, -0.2) is 37.6 Å². The van der Waals surface area contributed by atoms with Crippen molar-refractivity contribution in [2.24, 2.45) is 5.92 Å². The van der Waals surface area contributed by atoms with E-state index in [-0.39, 0.29) is 5.91 Å². The lowest BCUT2D eigenvalue weighted by molar-refractivity contribution is -0.121. The number of ether oxygens (including phenoxy) is 1. The molecule has 2 aliphatic rings. The van der Waals surface area contributed by atoms with Crippen LogP contribution in [0.5, 0.6) is 5.75 Å². The molecular formula is C21H32N2O2. The molecule has 4 nitrogen and oxygen atoms in total. The van der Waals surface area contributed by atoms with Crippen molar-refractivity contribution >= 4 is 5.91 Å². The lowest BCUT2D eigenvalue weighted by Crippen LogP contribution is -2.45. The van der Waals surface area contributed by atoms with Gasteiger partial charge in [-0.1, -0.05) is 38.2 Å². The molecule has 3 rings (SSSR count). The summed E-state index contributed by atoms with van der Waals surface area (Å²) in [5, 5.41) is 3.17. The zero-order chi connectivity index (χ0) is 17.6. The molecule has 25 heavy (non-hydrogen) atoms. The van der Waals surface area contributed by atoms with E-state index in [4.69, 9.17) is 4.74 Å². The van der Waals surface area contributed by atoms with Crippen molar-refractivity contribution in [2.75, 3.05) is 20.7 Å². The highest BCUT2D eigenvalue weighted by Gasteiger charge is 2.24. The highest BCUT2D eigenvalue weighted by atomic mass is 16.5. The molecule has 1 amide bonds. The van der Waals surface area contributed by atoms with Gasteiger partial charge in [-0.15, -0.1) is 0 Å². The highest BCUT2D eigenvalue weighted by molar-refractivity contribution is 5.75. The van der Waals surface area contributed by atoms with E-state index in [0.717, 1.165) is 37.6 Å². The molecule has 0 spiro atoms. The number of benzene rings is 1. The van der Waals surface area contributed by atoms with Crippen LogP contribution >= 0.6 is 0 Å². The van der Waals surface area contributed by atoms with Gasteiger partial charge < -0.3 is 10.1 Å². The van der Waals surface area contributed by atoms with Crippen molar-refractivity contribution in [3.8, 4) is 5.75 Å². The van der Waals surface area contributed by atoms with Crippen LogP contribution in [0, 0.1) is 5.92 Å². The maximum Gasteiger partial charge on any atom is 0.220 e. The minimum Gasteiger partial charge on any atom is -0.497 e. The van der Waals surface area contributed by atoms with Gasteiger partial charge in [0.15, 0.2) is 0 Å². The van der Waals surface area contributed by atoms with Crippen LogP contribution in [-0.2, 0) is 17.8 Å². The van der Waals surface area contributed by atoms with Crippen LogP contribution in [0.4, 0.5) is 0 Å². The molecule has 0 unspecified atom stereocenters. The zero-order valence-electron chi connectivity index (χ0n) is 15.7. The number of hydrogen-bond acceptors (Lipinski definition) is 3. The van der Waals surface area contributed by atoms with Gasteiger partial charge in [0.05, 0.1) is 7.11 Å². The van der Waals surface area contributed by atoms with E-state index in [9.17, 15) is 4.79 Å². The number of carbonyl (C=O) groups excluding carboxylic acids is 1. The summed E-state index contributed by atoms with van der Waals surface area (Å²) in [5.41, 5.74) is 2.71. The third-order valence-corrected chi connectivity index (χ3v) is 5.95. The van der Waals surface area contributed by atoms with Crippen molar-refractivity contribution in [2.45, 2.75) is 64.0 Å². The molecule has 0 radical (unpaired) electrons. The van der Waals surface area contributed by atoms with Gasteiger partial charge in [0.2, 0.25) is 5.91 Å². The Morgan fingerprint density at radius 3 is 2.80 bits per heavy atom. The number of carbonyl (C=O) groups is 1. The number of rotatable bonds is 6. The molecule has 1 atom stereocenters. The third kappa shape index (κ3) is 4.97. The highest BCUT2D eigenvalue weighted by Crippen LogP contribution is 2.28. The third-order valence-electron chi connectivity index (χ3n) is 5.95. The number of fused-ring (bicyclic) bond motifs is 1. The topological polar surface area (TPSA) is 41.6 Å². The van der Waals surface area contributed by atoms with E-state index < -0.39 is 0 Å². The van der Waals surface area contributed by atoms with Crippen molar-refractivity contribution in [3.63, 3.8) is 0 Å². The standard InChI is InChI=1S/C21H32N2O2/c1-23-15-17-9-10-20(25-2)13-18(17)12-19(23)14-22-21(24)11-8-16-6-4-3-5-7-16/h9-10,13,16,19H,3-8,11-12,14-15H2,1-2H3,(H,22,24)/t19-/m0/s1. The van der Waals surface area contributed by atoms with Crippen LogP contribution in [0.25, 0.3) is 0 Å². The first kappa shape index (κ1) is 18.2. The van der Waals surface area contributed by atoms with Crippen molar-refractivity contribution in [1.82, 2.24) is 10.2 Å². The van der Waals surface area contributed by atoms with Crippen molar-refractivity contribution in [3.05, 3.63) is 29.3 Å². The molecule has 1 aliphatic carbocycles. The zero-order valence-corrected chi connectivity index (χ0v) is 15.7. The average molecular weight is 344 g/mol. The number of hydrogen-bond donors (Lipinski definition) is 1. The van der Waals surface area contributed by atoms with E-state index in [1.54, 1.807) is 7.11 Å². The minimum atomic E-state index is 0.218. The molecule has 1 aromatic carbocycles. The van der Waals surface area contributed by atoms with Gasteiger partial charge in [-0.3, -0.25) is 9.69 Å². The Hall–Kier alpha value is -1.55. The molecule has 1 fully saturated rings. The molecule has 1 heterocycles. The van der Waals surface area contributed by atoms with E-state index in [0.29, 0.717) is 12.5 Å². The fraction of sp³-hybridized carbons (Fsp3) is 0.667. The largest absolute Gasteiger partial charge is 0.497 e. The number of nitrogens with one attached hydrogen (secondary N) is 1. The molecule has 138 valence electrons. The second-order valence-corrected chi connectivity index (χ2v) is 7.75. The number of likely N-dealkylation sites (N-methyl/N-ethyl adjacent to an activating group) is 1. The monoisotopic (exact) mass is 344 g/mol. The summed E-state index contributed by atoms with van der Waals surface area (Å²) in [4.78, 5) is 14.6. The number of nitrogens with zero attached hydrogens (tertiary/aromatic N) is 1. The maximum atomic E-state index is 12.2. The molecule has 0 bridgehead atoms. The van der Waals surface area contributed by atoms with Crippen molar-refractivity contribution < 1.29 is 9.53 Å². The molecule has 0 saturated heterocycles. The summed E-state index contributed by atoms with van der Waals surface area (Å²) in [6, 6.07) is 6.68. The predicted octanol–water partition coefficient (Wildman–Crippen LogP) is 3.53. The molecule has 1 saturated carbocycles. The molecule has 1 aliphatic heterocycles. The molecule has 1 N–H and O–H groups in total. The number of amides is 1. The van der Waals surface area contributed by atoms with Gasteiger partial charge in [-0.05, 0) is 49.1 Å². The number of methoxy groups -OCH3 is 1. The normalized spacial score (nSPS) is 21.6. The van der Waals surface area contributed by atoms with Crippen LogP contribution in [0.1, 0.15) is 56.1 Å². The Balaban J connectivity index is 1.46. The maximum absolute atomic E-state index is 12.2. The smallest absolute Gasteiger partial charge is 0.220 e. The molecule has 0 aromatic heterocycles. The minimum absolute atomic E-state index is 0.218. The van der Waals surface area contributed by atoms with Gasteiger partial charge in [-0.2, -0.15) is 0 Å². The van der Waals surface area contributed by atoms with E-state index in [2.05, 4.69) is 29.4 Å². The molecule has 4 heteroatoms. The Morgan fingerprint density at radius 2 is 2.04 bits per heavy atom. The summed E-state index contributed by atoms with van der Waals surface area (Å²) in [6.45, 7) is 1.67.